The van der Waals surface area contributed by atoms with Crippen LogP contribution in [-0.4, -0.2) is 4.98 Å². The van der Waals surface area contributed by atoms with E-state index in [1.54, 1.807) is 12.4 Å². The van der Waals surface area contributed by atoms with E-state index < -0.39 is 0 Å². The van der Waals surface area contributed by atoms with Gasteiger partial charge in [0, 0.05) is 17.9 Å². The van der Waals surface area contributed by atoms with Crippen molar-refractivity contribution in [3.63, 3.8) is 0 Å². The van der Waals surface area contributed by atoms with Crippen molar-refractivity contribution in [3.05, 3.63) is 30.1 Å². The minimum Gasteiger partial charge on any atom is -0.344 e. The first-order valence-corrected chi connectivity index (χ1v) is 3.86. The highest BCUT2D eigenvalue weighted by Crippen LogP contribution is 2.19. The van der Waals surface area contributed by atoms with Gasteiger partial charge in [-0.05, 0) is 31.0 Å². The summed E-state index contributed by atoms with van der Waals surface area (Å²) in [4.78, 5) is 3.94. The molecule has 1 atom stereocenters. The van der Waals surface area contributed by atoms with Gasteiger partial charge in [-0.1, -0.05) is 6.92 Å². The molecule has 0 spiro atoms. The smallest absolute Gasteiger partial charge is 0.0379 e. The van der Waals surface area contributed by atoms with Crippen LogP contribution < -0.4 is 11.9 Å². The lowest BCUT2D eigenvalue weighted by Crippen LogP contribution is -2.31. The van der Waals surface area contributed by atoms with Gasteiger partial charge in [0.15, 0.2) is 0 Å². The maximum absolute atomic E-state index is 6.01. The molecule has 0 aromatic carbocycles. The fourth-order valence-electron chi connectivity index (χ4n) is 0.937. The Morgan fingerprint density at radius 2 is 1.92 bits per heavy atom. The van der Waals surface area contributed by atoms with E-state index in [9.17, 15) is 0 Å². The molecule has 0 radical (unpaired) electrons. The van der Waals surface area contributed by atoms with Gasteiger partial charge in [0.25, 0.3) is 0 Å². The summed E-state index contributed by atoms with van der Waals surface area (Å²) in [6.07, 6.45) is 4.49. The van der Waals surface area contributed by atoms with Gasteiger partial charge in [-0.25, -0.2) is 0 Å². The van der Waals surface area contributed by atoms with Crippen molar-refractivity contribution in [1.82, 2.24) is 11.1 Å². The van der Waals surface area contributed by atoms with Gasteiger partial charge in [0.1, 0.15) is 0 Å². The maximum atomic E-state index is 6.01. The van der Waals surface area contributed by atoms with E-state index in [2.05, 4.69) is 11.9 Å². The third-order valence-electron chi connectivity index (χ3n) is 2.07. The van der Waals surface area contributed by atoms with Gasteiger partial charge in [0.05, 0.1) is 0 Å². The second kappa shape index (κ2) is 4.18. The van der Waals surface area contributed by atoms with Crippen LogP contribution in [0.5, 0.6) is 0 Å². The van der Waals surface area contributed by atoms with Crippen molar-refractivity contribution < 1.29 is 0 Å². The highest BCUT2D eigenvalue weighted by atomic mass is 14.7. The molecule has 1 rings (SSSR count). The van der Waals surface area contributed by atoms with E-state index in [-0.39, 0.29) is 11.7 Å². The zero-order chi connectivity index (χ0) is 8.32. The van der Waals surface area contributed by atoms with E-state index in [1.165, 1.54) is 0 Å². The van der Waals surface area contributed by atoms with Crippen molar-refractivity contribution in [2.24, 2.45) is 5.73 Å². The largest absolute Gasteiger partial charge is 0.344 e. The summed E-state index contributed by atoms with van der Waals surface area (Å²) in [6, 6.07) is 3.92. The molecule has 0 saturated carbocycles. The number of hydrogen-bond acceptors (Lipinski definition) is 3. The highest BCUT2D eigenvalue weighted by Gasteiger charge is 2.17. The molecule has 1 heterocycles. The van der Waals surface area contributed by atoms with Gasteiger partial charge in [-0.3, -0.25) is 4.98 Å². The van der Waals surface area contributed by atoms with Gasteiger partial charge < -0.3 is 11.9 Å². The SMILES string of the molecule is CCC(C)(N)c1ccncc1.N. The molecule has 0 aliphatic carbocycles. The molecule has 0 amide bonds. The summed E-state index contributed by atoms with van der Waals surface area (Å²) in [5.41, 5.74) is 6.95. The quantitative estimate of drug-likeness (QED) is 0.705. The lowest BCUT2D eigenvalue weighted by molar-refractivity contribution is 0.476. The molecular weight excluding hydrogens is 150 g/mol. The fraction of sp³-hybridized carbons (Fsp3) is 0.444. The molecule has 1 aromatic rings. The molecule has 68 valence electrons. The second-order valence-corrected chi connectivity index (χ2v) is 3.01. The second-order valence-electron chi connectivity index (χ2n) is 3.01. The zero-order valence-electron chi connectivity index (χ0n) is 7.75. The van der Waals surface area contributed by atoms with Crippen LogP contribution in [0.2, 0.25) is 0 Å². The summed E-state index contributed by atoms with van der Waals surface area (Å²) in [5, 5.41) is 0. The summed E-state index contributed by atoms with van der Waals surface area (Å²) in [6.45, 7) is 4.11. The molecule has 0 aliphatic heterocycles. The van der Waals surface area contributed by atoms with Crippen LogP contribution in [0, 0.1) is 0 Å². The lowest BCUT2D eigenvalue weighted by atomic mass is 9.92. The zero-order valence-corrected chi connectivity index (χ0v) is 7.75. The molecular formula is C9H17N3. The molecule has 5 N–H and O–H groups in total. The van der Waals surface area contributed by atoms with Crippen molar-refractivity contribution in [3.8, 4) is 0 Å². The lowest BCUT2D eigenvalue weighted by Gasteiger charge is -2.22. The van der Waals surface area contributed by atoms with E-state index in [0.717, 1.165) is 12.0 Å². The Balaban J connectivity index is 0.00000121. The first kappa shape index (κ1) is 11.1. The predicted molar refractivity (Wildman–Crippen MR) is 51.1 cm³/mol. The van der Waals surface area contributed by atoms with E-state index in [1.807, 2.05) is 19.1 Å². The number of rotatable bonds is 2. The van der Waals surface area contributed by atoms with Gasteiger partial charge >= 0.3 is 0 Å². The Morgan fingerprint density at radius 1 is 1.42 bits per heavy atom. The van der Waals surface area contributed by atoms with Gasteiger partial charge in [-0.15, -0.1) is 0 Å². The number of aromatic nitrogens is 1. The number of nitrogens with two attached hydrogens (primary N) is 1. The summed E-state index contributed by atoms with van der Waals surface area (Å²) in [7, 11) is 0. The average Bonchev–Trinajstić information content (AvgIpc) is 2.06. The van der Waals surface area contributed by atoms with Crippen LogP contribution in [0.3, 0.4) is 0 Å². The number of pyridine rings is 1. The Labute approximate surface area is 73.6 Å². The minimum atomic E-state index is -0.205. The summed E-state index contributed by atoms with van der Waals surface area (Å²) < 4.78 is 0. The van der Waals surface area contributed by atoms with Crippen molar-refractivity contribution >= 4 is 0 Å². The molecule has 1 unspecified atom stereocenters. The Hall–Kier alpha value is -0.930. The average molecular weight is 167 g/mol. The third kappa shape index (κ3) is 2.29. The highest BCUT2D eigenvalue weighted by molar-refractivity contribution is 5.19. The van der Waals surface area contributed by atoms with Crippen LogP contribution in [0.25, 0.3) is 0 Å². The van der Waals surface area contributed by atoms with Gasteiger partial charge in [-0.2, -0.15) is 0 Å². The predicted octanol–water partition coefficient (Wildman–Crippen LogP) is 1.83. The normalized spacial score (nSPS) is 14.6. The van der Waals surface area contributed by atoms with Crippen molar-refractivity contribution in [2.75, 3.05) is 0 Å². The van der Waals surface area contributed by atoms with Crippen LogP contribution in [0.1, 0.15) is 25.8 Å². The van der Waals surface area contributed by atoms with Crippen LogP contribution in [0.4, 0.5) is 0 Å². The Bertz CT molecular complexity index is 218. The minimum absolute atomic E-state index is 0. The number of nitrogens with zero attached hydrogens (tertiary/aromatic N) is 1. The van der Waals surface area contributed by atoms with Crippen molar-refractivity contribution in [2.45, 2.75) is 25.8 Å². The molecule has 0 bridgehead atoms. The van der Waals surface area contributed by atoms with E-state index in [4.69, 9.17) is 5.73 Å². The molecule has 3 heteroatoms. The van der Waals surface area contributed by atoms with Crippen LogP contribution in [0.15, 0.2) is 24.5 Å². The van der Waals surface area contributed by atoms with Crippen LogP contribution >= 0.6 is 0 Å². The number of hydrogen-bond donors (Lipinski definition) is 2. The molecule has 0 aliphatic rings. The monoisotopic (exact) mass is 167 g/mol. The Morgan fingerprint density at radius 3 is 2.33 bits per heavy atom. The van der Waals surface area contributed by atoms with Gasteiger partial charge in [0.2, 0.25) is 0 Å². The third-order valence-corrected chi connectivity index (χ3v) is 2.07. The summed E-state index contributed by atoms with van der Waals surface area (Å²) >= 11 is 0. The topological polar surface area (TPSA) is 73.9 Å². The molecule has 0 fully saturated rings. The standard InChI is InChI=1S/C9H14N2.H3N/c1-3-9(2,10)8-4-6-11-7-5-8;/h4-7H,3,10H2,1-2H3;1H3. The van der Waals surface area contributed by atoms with Crippen LogP contribution in [-0.2, 0) is 5.54 Å². The first-order chi connectivity index (χ1) is 5.17. The summed E-state index contributed by atoms with van der Waals surface area (Å²) in [5.74, 6) is 0. The van der Waals surface area contributed by atoms with Crippen molar-refractivity contribution in [1.29, 1.82) is 0 Å². The maximum Gasteiger partial charge on any atom is 0.0379 e. The first-order valence-electron chi connectivity index (χ1n) is 3.86. The molecule has 0 saturated heterocycles. The van der Waals surface area contributed by atoms with E-state index >= 15 is 0 Å². The Kier molecular flexibility index (Phi) is 3.86. The molecule has 3 nitrogen and oxygen atoms in total. The van der Waals surface area contributed by atoms with E-state index in [0.29, 0.717) is 0 Å². The fourth-order valence-corrected chi connectivity index (χ4v) is 0.937. The molecule has 12 heavy (non-hydrogen) atoms. The molecule has 1 aromatic heterocycles.